The molecule has 3 rings (SSSR count). The first-order valence-corrected chi connectivity index (χ1v) is 11.6. The van der Waals surface area contributed by atoms with Gasteiger partial charge >= 0.3 is 13.2 Å². The van der Waals surface area contributed by atoms with Crippen molar-refractivity contribution in [2.75, 3.05) is 13.1 Å². The number of benzene rings is 1. The second-order valence-electron chi connectivity index (χ2n) is 11.1. The molecule has 0 aliphatic carbocycles. The van der Waals surface area contributed by atoms with E-state index in [1.54, 1.807) is 4.90 Å². The number of aldehydes is 1. The van der Waals surface area contributed by atoms with E-state index in [4.69, 9.17) is 14.0 Å². The molecular weight excluding hydrogens is 421 g/mol. The Kier molecular flexibility index (Phi) is 7.11. The number of hydrogen-bond donors (Lipinski definition) is 0. The predicted octanol–water partition coefficient (Wildman–Crippen LogP) is 3.17. The van der Waals surface area contributed by atoms with Gasteiger partial charge in [-0.2, -0.15) is 0 Å². The van der Waals surface area contributed by atoms with Crippen molar-refractivity contribution in [3.63, 3.8) is 0 Å². The zero-order valence-corrected chi connectivity index (χ0v) is 20.8. The van der Waals surface area contributed by atoms with Crippen LogP contribution in [0.1, 0.15) is 60.5 Å². The summed E-state index contributed by atoms with van der Waals surface area (Å²) in [5, 5.41) is 0. The Labute approximate surface area is 197 Å². The number of carbonyl (C=O) groups excluding carboxylic acids is 3. The number of rotatable bonds is 6. The number of amides is 1. The predicted molar refractivity (Wildman–Crippen MR) is 126 cm³/mol. The lowest BCUT2D eigenvalue weighted by atomic mass is 9.76. The second kappa shape index (κ2) is 9.22. The Morgan fingerprint density at radius 3 is 2.42 bits per heavy atom. The first-order chi connectivity index (χ1) is 15.2. The van der Waals surface area contributed by atoms with Gasteiger partial charge in [-0.15, -0.1) is 0 Å². The Morgan fingerprint density at radius 1 is 1.21 bits per heavy atom. The van der Waals surface area contributed by atoms with Crippen LogP contribution < -0.4 is 5.46 Å². The Hall–Kier alpha value is -2.19. The van der Waals surface area contributed by atoms with Crippen molar-refractivity contribution in [1.29, 1.82) is 0 Å². The maximum absolute atomic E-state index is 12.6. The van der Waals surface area contributed by atoms with E-state index < -0.39 is 35.6 Å². The SMILES string of the molecule is CC(C)(C)OC(=O)N1CC[C@@H]([C@@H](Cc2cccc(B3OC(C)(C)C(C)(C)O3)c2)C(=O)C=O)C1. The molecule has 0 radical (unpaired) electrons. The average molecular weight is 457 g/mol. The highest BCUT2D eigenvalue weighted by atomic mass is 16.7. The molecule has 1 aromatic carbocycles. The molecule has 0 spiro atoms. The summed E-state index contributed by atoms with van der Waals surface area (Å²) < 4.78 is 17.8. The van der Waals surface area contributed by atoms with Crippen LogP contribution in [-0.4, -0.2) is 60.1 Å². The van der Waals surface area contributed by atoms with Crippen LogP contribution in [0.2, 0.25) is 0 Å². The summed E-state index contributed by atoms with van der Waals surface area (Å²) in [6, 6.07) is 7.79. The van der Waals surface area contributed by atoms with Crippen molar-refractivity contribution in [1.82, 2.24) is 4.90 Å². The van der Waals surface area contributed by atoms with Gasteiger partial charge in [0.25, 0.3) is 0 Å². The van der Waals surface area contributed by atoms with Crippen molar-refractivity contribution in [3.05, 3.63) is 29.8 Å². The van der Waals surface area contributed by atoms with E-state index in [0.29, 0.717) is 32.2 Å². The molecule has 1 amide bonds. The van der Waals surface area contributed by atoms with Gasteiger partial charge in [0.15, 0.2) is 12.1 Å². The van der Waals surface area contributed by atoms with E-state index in [9.17, 15) is 14.4 Å². The molecule has 0 saturated carbocycles. The third kappa shape index (κ3) is 5.85. The molecule has 2 saturated heterocycles. The molecule has 2 aliphatic heterocycles. The number of carbonyl (C=O) groups is 3. The molecule has 2 aliphatic rings. The highest BCUT2D eigenvalue weighted by Gasteiger charge is 2.51. The molecule has 7 nitrogen and oxygen atoms in total. The first-order valence-electron chi connectivity index (χ1n) is 11.6. The molecular formula is C25H36BNO6. The summed E-state index contributed by atoms with van der Waals surface area (Å²) >= 11 is 0. The largest absolute Gasteiger partial charge is 0.494 e. The van der Waals surface area contributed by atoms with Gasteiger partial charge in [0.05, 0.1) is 11.2 Å². The zero-order chi connectivity index (χ0) is 24.6. The number of ether oxygens (including phenoxy) is 1. The Balaban J connectivity index is 1.73. The molecule has 33 heavy (non-hydrogen) atoms. The molecule has 8 heteroatoms. The van der Waals surface area contributed by atoms with E-state index in [1.807, 2.05) is 72.7 Å². The van der Waals surface area contributed by atoms with Crippen LogP contribution in [0.25, 0.3) is 0 Å². The van der Waals surface area contributed by atoms with Crippen LogP contribution in [0.3, 0.4) is 0 Å². The molecule has 0 aromatic heterocycles. The number of nitrogens with zero attached hydrogens (tertiary/aromatic N) is 1. The third-order valence-electron chi connectivity index (χ3n) is 6.86. The standard InChI is InChI=1S/C25H36BNO6/c1-23(2,3)31-22(30)27-12-11-18(15-27)20(21(29)16-28)14-17-9-8-10-19(13-17)26-32-24(4,5)25(6,7)33-26/h8-10,13,16,18,20H,11-12,14-15H2,1-7H3/t18-,20-/m1/s1. The van der Waals surface area contributed by atoms with Crippen LogP contribution in [0, 0.1) is 11.8 Å². The number of Topliss-reactive ketones (excluding diaryl/α,β-unsaturated/α-hetero) is 1. The van der Waals surface area contributed by atoms with Gasteiger partial charge in [-0.25, -0.2) is 4.79 Å². The minimum atomic E-state index is -0.582. The van der Waals surface area contributed by atoms with Crippen LogP contribution in [-0.2, 0) is 30.1 Å². The summed E-state index contributed by atoms with van der Waals surface area (Å²) in [6.07, 6.45) is 1.09. The molecule has 0 unspecified atom stereocenters. The molecule has 1 aromatic rings. The Bertz CT molecular complexity index is 890. The van der Waals surface area contributed by atoms with Gasteiger partial charge in [-0.05, 0) is 78.3 Å². The van der Waals surface area contributed by atoms with Crippen molar-refractivity contribution < 1.29 is 28.4 Å². The molecule has 2 atom stereocenters. The molecule has 180 valence electrons. The molecule has 2 fully saturated rings. The van der Waals surface area contributed by atoms with Gasteiger partial charge < -0.3 is 18.9 Å². The van der Waals surface area contributed by atoms with Crippen molar-refractivity contribution >= 4 is 30.7 Å². The summed E-state index contributed by atoms with van der Waals surface area (Å²) in [5.41, 5.74) is 0.335. The minimum Gasteiger partial charge on any atom is -0.444 e. The van der Waals surface area contributed by atoms with Gasteiger partial charge in [0.2, 0.25) is 0 Å². The lowest BCUT2D eigenvalue weighted by molar-refractivity contribution is -0.133. The highest BCUT2D eigenvalue weighted by molar-refractivity contribution is 6.62. The van der Waals surface area contributed by atoms with Crippen LogP contribution in [0.15, 0.2) is 24.3 Å². The summed E-state index contributed by atoms with van der Waals surface area (Å²) in [6.45, 7) is 14.4. The van der Waals surface area contributed by atoms with E-state index in [2.05, 4.69) is 0 Å². The quantitative estimate of drug-likeness (QED) is 0.371. The van der Waals surface area contributed by atoms with Crippen LogP contribution in [0.5, 0.6) is 0 Å². The maximum Gasteiger partial charge on any atom is 0.494 e. The first kappa shape index (κ1) is 25.4. The average Bonchev–Trinajstić information content (AvgIpc) is 3.27. The zero-order valence-electron chi connectivity index (χ0n) is 20.8. The minimum absolute atomic E-state index is 0.101. The van der Waals surface area contributed by atoms with E-state index in [1.165, 1.54) is 0 Å². The van der Waals surface area contributed by atoms with Gasteiger partial charge in [-0.3, -0.25) is 9.59 Å². The van der Waals surface area contributed by atoms with E-state index >= 15 is 0 Å². The van der Waals surface area contributed by atoms with Crippen molar-refractivity contribution in [2.45, 2.75) is 78.1 Å². The van der Waals surface area contributed by atoms with Gasteiger partial charge in [-0.1, -0.05) is 24.3 Å². The molecule has 0 N–H and O–H groups in total. The summed E-state index contributed by atoms with van der Waals surface area (Å²) in [4.78, 5) is 38.1. The van der Waals surface area contributed by atoms with Crippen molar-refractivity contribution in [2.24, 2.45) is 11.8 Å². The number of ketones is 1. The van der Waals surface area contributed by atoms with E-state index in [0.717, 1.165) is 11.0 Å². The number of likely N-dealkylation sites (tertiary alicyclic amines) is 1. The van der Waals surface area contributed by atoms with Crippen LogP contribution in [0.4, 0.5) is 4.79 Å². The fourth-order valence-electron chi connectivity index (χ4n) is 4.29. The van der Waals surface area contributed by atoms with Gasteiger partial charge in [0, 0.05) is 19.0 Å². The fourth-order valence-corrected chi connectivity index (χ4v) is 4.29. The van der Waals surface area contributed by atoms with E-state index in [-0.39, 0.29) is 12.0 Å². The van der Waals surface area contributed by atoms with Crippen LogP contribution >= 0.6 is 0 Å². The maximum atomic E-state index is 12.6. The summed E-state index contributed by atoms with van der Waals surface area (Å²) in [7, 11) is -0.496. The van der Waals surface area contributed by atoms with Gasteiger partial charge in [0.1, 0.15) is 5.60 Å². The van der Waals surface area contributed by atoms with Crippen molar-refractivity contribution in [3.8, 4) is 0 Å². The number of hydrogen-bond acceptors (Lipinski definition) is 6. The summed E-state index contributed by atoms with van der Waals surface area (Å²) in [5.74, 6) is -1.04. The topological polar surface area (TPSA) is 82.1 Å². The molecule has 2 heterocycles. The third-order valence-corrected chi connectivity index (χ3v) is 6.86. The lowest BCUT2D eigenvalue weighted by Crippen LogP contribution is -2.41. The lowest BCUT2D eigenvalue weighted by Gasteiger charge is -2.32. The normalized spacial score (nSPS) is 22.8. The Morgan fingerprint density at radius 2 is 1.85 bits per heavy atom. The monoisotopic (exact) mass is 457 g/mol. The highest BCUT2D eigenvalue weighted by Crippen LogP contribution is 2.36. The second-order valence-corrected chi connectivity index (χ2v) is 11.1. The molecule has 0 bridgehead atoms. The smallest absolute Gasteiger partial charge is 0.444 e. The fraction of sp³-hybridized carbons (Fsp3) is 0.640.